The summed E-state index contributed by atoms with van der Waals surface area (Å²) in [6, 6.07) is 7.55. The first kappa shape index (κ1) is 13.1. The van der Waals surface area contributed by atoms with Gasteiger partial charge in [-0.1, -0.05) is 18.2 Å². The van der Waals surface area contributed by atoms with Gasteiger partial charge in [0.05, 0.1) is 0 Å². The van der Waals surface area contributed by atoms with E-state index in [0.717, 1.165) is 30.2 Å². The number of hydroxylamine groups is 1. The molecule has 1 amide bonds. The standard InChI is InChI=1S/C15H17NO4/c1-10-11-6-2-3-7-12(11)19-14(10)15(17)16-20-13-8-4-5-9-18-13/h2-3,6-7,13H,4-5,8-9H2,1H3,(H,16,17). The molecule has 5 heteroatoms. The molecule has 0 spiro atoms. The van der Waals surface area contributed by atoms with Crippen molar-refractivity contribution in [2.45, 2.75) is 32.5 Å². The zero-order valence-electron chi connectivity index (χ0n) is 11.3. The van der Waals surface area contributed by atoms with Crippen LogP contribution in [0.5, 0.6) is 0 Å². The van der Waals surface area contributed by atoms with Gasteiger partial charge in [0.1, 0.15) is 5.58 Å². The van der Waals surface area contributed by atoms with E-state index >= 15 is 0 Å². The van der Waals surface area contributed by atoms with Crippen LogP contribution in [0.2, 0.25) is 0 Å². The van der Waals surface area contributed by atoms with Gasteiger partial charge in [-0.25, -0.2) is 10.3 Å². The summed E-state index contributed by atoms with van der Waals surface area (Å²) in [6.07, 6.45) is 2.51. The molecule has 0 aliphatic carbocycles. The molecule has 0 bridgehead atoms. The van der Waals surface area contributed by atoms with Crippen molar-refractivity contribution >= 4 is 16.9 Å². The monoisotopic (exact) mass is 275 g/mol. The Bertz CT molecular complexity index is 613. The highest BCUT2D eigenvalue weighted by atomic mass is 16.8. The molecule has 0 saturated carbocycles. The van der Waals surface area contributed by atoms with E-state index in [0.29, 0.717) is 12.2 Å². The highest BCUT2D eigenvalue weighted by molar-refractivity contribution is 5.98. The highest BCUT2D eigenvalue weighted by Gasteiger charge is 2.20. The van der Waals surface area contributed by atoms with Crippen LogP contribution in [0.4, 0.5) is 0 Å². The van der Waals surface area contributed by atoms with E-state index in [1.807, 2.05) is 31.2 Å². The minimum Gasteiger partial charge on any atom is -0.451 e. The summed E-state index contributed by atoms with van der Waals surface area (Å²) in [5.41, 5.74) is 3.92. The summed E-state index contributed by atoms with van der Waals surface area (Å²) < 4.78 is 11.0. The van der Waals surface area contributed by atoms with Crippen molar-refractivity contribution < 1.29 is 18.8 Å². The summed E-state index contributed by atoms with van der Waals surface area (Å²) in [7, 11) is 0. The van der Waals surface area contributed by atoms with Crippen LogP contribution >= 0.6 is 0 Å². The average Bonchev–Trinajstić information content (AvgIpc) is 2.84. The van der Waals surface area contributed by atoms with Gasteiger partial charge in [0.2, 0.25) is 0 Å². The topological polar surface area (TPSA) is 60.7 Å². The lowest BCUT2D eigenvalue weighted by molar-refractivity contribution is -0.187. The largest absolute Gasteiger partial charge is 0.451 e. The first-order valence-electron chi connectivity index (χ1n) is 6.81. The number of aryl methyl sites for hydroxylation is 1. The molecule has 1 aliphatic heterocycles. The Morgan fingerprint density at radius 1 is 1.35 bits per heavy atom. The van der Waals surface area contributed by atoms with Crippen molar-refractivity contribution in [2.75, 3.05) is 6.61 Å². The first-order valence-corrected chi connectivity index (χ1v) is 6.81. The van der Waals surface area contributed by atoms with Crippen molar-refractivity contribution in [1.29, 1.82) is 0 Å². The third-order valence-corrected chi connectivity index (χ3v) is 3.47. The van der Waals surface area contributed by atoms with Gasteiger partial charge in [-0.15, -0.1) is 0 Å². The number of benzene rings is 1. The van der Waals surface area contributed by atoms with Gasteiger partial charge >= 0.3 is 5.91 Å². The Hall–Kier alpha value is -1.85. The fraction of sp³-hybridized carbons (Fsp3) is 0.400. The van der Waals surface area contributed by atoms with E-state index in [4.69, 9.17) is 14.0 Å². The molecule has 1 aromatic carbocycles. The molecular weight excluding hydrogens is 258 g/mol. The second-order valence-electron chi connectivity index (χ2n) is 4.90. The average molecular weight is 275 g/mol. The van der Waals surface area contributed by atoms with Gasteiger partial charge < -0.3 is 9.15 Å². The fourth-order valence-electron chi connectivity index (χ4n) is 2.36. The second-order valence-corrected chi connectivity index (χ2v) is 4.90. The Morgan fingerprint density at radius 3 is 2.95 bits per heavy atom. The zero-order valence-corrected chi connectivity index (χ0v) is 11.3. The van der Waals surface area contributed by atoms with Crippen molar-refractivity contribution in [3.05, 3.63) is 35.6 Å². The van der Waals surface area contributed by atoms with Gasteiger partial charge in [0, 0.05) is 24.0 Å². The summed E-state index contributed by atoms with van der Waals surface area (Å²) in [6.45, 7) is 2.53. The molecule has 1 unspecified atom stereocenters. The number of carbonyl (C=O) groups is 1. The quantitative estimate of drug-likeness (QED) is 0.875. The minimum absolute atomic E-state index is 0.280. The van der Waals surface area contributed by atoms with Crippen molar-refractivity contribution in [3.8, 4) is 0 Å². The number of furan rings is 1. The third-order valence-electron chi connectivity index (χ3n) is 3.47. The summed E-state index contributed by atoms with van der Waals surface area (Å²) in [5.74, 6) is -0.102. The van der Waals surface area contributed by atoms with Crippen molar-refractivity contribution in [1.82, 2.24) is 5.48 Å². The van der Waals surface area contributed by atoms with Crippen LogP contribution in [0, 0.1) is 6.92 Å². The number of para-hydroxylation sites is 1. The fourth-order valence-corrected chi connectivity index (χ4v) is 2.36. The molecule has 0 radical (unpaired) electrons. The van der Waals surface area contributed by atoms with Crippen molar-refractivity contribution in [3.63, 3.8) is 0 Å². The van der Waals surface area contributed by atoms with Gasteiger partial charge in [0.25, 0.3) is 0 Å². The maximum atomic E-state index is 12.1. The smallest absolute Gasteiger partial charge is 0.310 e. The van der Waals surface area contributed by atoms with Gasteiger partial charge in [-0.05, 0) is 25.8 Å². The number of rotatable bonds is 3. The lowest BCUT2D eigenvalue weighted by Gasteiger charge is -2.21. The number of ether oxygens (including phenoxy) is 1. The Labute approximate surface area is 116 Å². The van der Waals surface area contributed by atoms with Gasteiger partial charge in [-0.2, -0.15) is 0 Å². The lowest BCUT2D eigenvalue weighted by atomic mass is 10.1. The Balaban J connectivity index is 1.70. The molecule has 20 heavy (non-hydrogen) atoms. The van der Waals surface area contributed by atoms with Crippen LogP contribution in [-0.2, 0) is 9.57 Å². The number of hydrogen-bond acceptors (Lipinski definition) is 4. The van der Waals surface area contributed by atoms with Gasteiger partial charge in [-0.3, -0.25) is 4.79 Å². The van der Waals surface area contributed by atoms with Crippen LogP contribution < -0.4 is 5.48 Å². The molecule has 1 N–H and O–H groups in total. The number of nitrogens with one attached hydrogen (secondary N) is 1. The number of carbonyl (C=O) groups excluding carboxylic acids is 1. The first-order chi connectivity index (χ1) is 9.75. The molecule has 1 fully saturated rings. The van der Waals surface area contributed by atoms with Crippen LogP contribution in [0.15, 0.2) is 28.7 Å². The van der Waals surface area contributed by atoms with E-state index in [1.54, 1.807) is 0 Å². The molecule has 106 valence electrons. The molecule has 3 rings (SSSR count). The highest BCUT2D eigenvalue weighted by Crippen LogP contribution is 2.24. The maximum Gasteiger partial charge on any atom is 0.310 e. The lowest BCUT2D eigenvalue weighted by Crippen LogP contribution is -2.33. The summed E-state index contributed by atoms with van der Waals surface area (Å²) in [5, 5.41) is 0.937. The predicted molar refractivity (Wildman–Crippen MR) is 73.1 cm³/mol. The maximum absolute atomic E-state index is 12.1. The summed E-state index contributed by atoms with van der Waals surface area (Å²) in [4.78, 5) is 17.4. The van der Waals surface area contributed by atoms with Crippen LogP contribution in [0.1, 0.15) is 35.4 Å². The van der Waals surface area contributed by atoms with E-state index in [9.17, 15) is 4.79 Å². The van der Waals surface area contributed by atoms with Crippen LogP contribution in [0.3, 0.4) is 0 Å². The van der Waals surface area contributed by atoms with E-state index in [-0.39, 0.29) is 18.0 Å². The summed E-state index contributed by atoms with van der Waals surface area (Å²) >= 11 is 0. The molecule has 2 aromatic rings. The molecule has 2 heterocycles. The number of hydrogen-bond donors (Lipinski definition) is 1. The third kappa shape index (κ3) is 2.55. The minimum atomic E-state index is -0.382. The SMILES string of the molecule is Cc1c(C(=O)NOC2CCCCO2)oc2ccccc12. The van der Waals surface area contributed by atoms with E-state index in [1.165, 1.54) is 0 Å². The molecular formula is C15H17NO4. The van der Waals surface area contributed by atoms with Gasteiger partial charge in [0.15, 0.2) is 12.1 Å². The van der Waals surface area contributed by atoms with Crippen LogP contribution in [-0.4, -0.2) is 18.8 Å². The molecule has 5 nitrogen and oxygen atoms in total. The molecule has 1 aliphatic rings. The number of fused-ring (bicyclic) bond motifs is 1. The van der Waals surface area contributed by atoms with Crippen LogP contribution in [0.25, 0.3) is 11.0 Å². The predicted octanol–water partition coefficient (Wildman–Crippen LogP) is 2.93. The Morgan fingerprint density at radius 2 is 2.20 bits per heavy atom. The Kier molecular flexibility index (Phi) is 3.71. The zero-order chi connectivity index (χ0) is 13.9. The second kappa shape index (κ2) is 5.64. The normalized spacial score (nSPS) is 19.1. The van der Waals surface area contributed by atoms with E-state index in [2.05, 4.69) is 5.48 Å². The molecule has 1 aromatic heterocycles. The number of amides is 1. The molecule has 1 atom stereocenters. The molecule has 1 saturated heterocycles. The van der Waals surface area contributed by atoms with E-state index < -0.39 is 0 Å². The van der Waals surface area contributed by atoms with Crippen molar-refractivity contribution in [2.24, 2.45) is 0 Å².